The van der Waals surface area contributed by atoms with Crippen LogP contribution in [0.5, 0.6) is 0 Å². The number of nitrogens with zero attached hydrogens (tertiary/aromatic N) is 4. The quantitative estimate of drug-likeness (QED) is 0.644. The normalized spacial score (nSPS) is 16.8. The second-order valence-corrected chi connectivity index (χ2v) is 6.60. The van der Waals surface area contributed by atoms with E-state index in [4.69, 9.17) is 0 Å². The highest BCUT2D eigenvalue weighted by molar-refractivity contribution is 5.63. The molecule has 0 aliphatic carbocycles. The Morgan fingerprint density at radius 3 is 3.07 bits per heavy atom. The standard InChI is InChI=1S/C19H20FN7/c20-15-4-1-3-13(7-15)10-23-18-8-17(25-16-5-2-6-22-12-16)26-19-14(9-21)11-24-27(18)19/h1,3-4,7-8,11,16,22-23H,2,5-6,10,12H2,(H,25,26)/t16-/m0/s1. The minimum absolute atomic E-state index is 0.271. The molecule has 0 radical (unpaired) electrons. The van der Waals surface area contributed by atoms with E-state index in [0.29, 0.717) is 35.4 Å². The van der Waals surface area contributed by atoms with Gasteiger partial charge in [0.25, 0.3) is 0 Å². The molecular weight excluding hydrogens is 345 g/mol. The third kappa shape index (κ3) is 3.83. The maximum absolute atomic E-state index is 13.4. The van der Waals surface area contributed by atoms with Crippen molar-refractivity contribution in [3.63, 3.8) is 0 Å². The van der Waals surface area contributed by atoms with Gasteiger partial charge in [0, 0.05) is 25.2 Å². The third-order valence-electron chi connectivity index (χ3n) is 4.60. The molecule has 3 aromatic rings. The lowest BCUT2D eigenvalue weighted by atomic mass is 10.1. The van der Waals surface area contributed by atoms with Crippen LogP contribution in [-0.2, 0) is 6.54 Å². The number of fused-ring (bicyclic) bond motifs is 1. The Bertz CT molecular complexity index is 985. The first kappa shape index (κ1) is 17.2. The van der Waals surface area contributed by atoms with Crippen LogP contribution in [0.4, 0.5) is 16.0 Å². The van der Waals surface area contributed by atoms with Gasteiger partial charge >= 0.3 is 0 Å². The van der Waals surface area contributed by atoms with Crippen LogP contribution in [0.25, 0.3) is 5.65 Å². The molecule has 1 aromatic carbocycles. The average Bonchev–Trinajstić information content (AvgIpc) is 3.10. The summed E-state index contributed by atoms with van der Waals surface area (Å²) in [4.78, 5) is 4.57. The van der Waals surface area contributed by atoms with Gasteiger partial charge in [-0.2, -0.15) is 14.9 Å². The van der Waals surface area contributed by atoms with Gasteiger partial charge in [-0.3, -0.25) is 0 Å². The highest BCUT2D eigenvalue weighted by atomic mass is 19.1. The fourth-order valence-corrected chi connectivity index (χ4v) is 3.27. The number of halogens is 1. The van der Waals surface area contributed by atoms with Crippen LogP contribution in [0.2, 0.25) is 0 Å². The number of hydrogen-bond acceptors (Lipinski definition) is 6. The molecule has 1 aliphatic rings. The van der Waals surface area contributed by atoms with Gasteiger partial charge in [0.2, 0.25) is 0 Å². The summed E-state index contributed by atoms with van der Waals surface area (Å²) >= 11 is 0. The first-order chi connectivity index (χ1) is 13.2. The maximum Gasteiger partial charge on any atom is 0.177 e. The van der Waals surface area contributed by atoms with Crippen LogP contribution in [0.3, 0.4) is 0 Å². The minimum atomic E-state index is -0.271. The van der Waals surface area contributed by atoms with Crippen LogP contribution in [0, 0.1) is 17.1 Å². The van der Waals surface area contributed by atoms with Crippen molar-refractivity contribution in [3.8, 4) is 6.07 Å². The van der Waals surface area contributed by atoms with Gasteiger partial charge in [0.1, 0.15) is 29.1 Å². The lowest BCUT2D eigenvalue weighted by molar-refractivity contribution is 0.479. The Hall–Kier alpha value is -3.18. The Balaban J connectivity index is 1.63. The second-order valence-electron chi connectivity index (χ2n) is 6.60. The molecule has 0 amide bonds. The van der Waals surface area contributed by atoms with Gasteiger partial charge in [0.15, 0.2) is 5.65 Å². The first-order valence-electron chi connectivity index (χ1n) is 8.97. The molecule has 1 aliphatic heterocycles. The van der Waals surface area contributed by atoms with Gasteiger partial charge in [-0.1, -0.05) is 12.1 Å². The lowest BCUT2D eigenvalue weighted by Gasteiger charge is -2.24. The Morgan fingerprint density at radius 2 is 2.30 bits per heavy atom. The second kappa shape index (κ2) is 7.60. The molecule has 8 heteroatoms. The zero-order valence-electron chi connectivity index (χ0n) is 14.7. The van der Waals surface area contributed by atoms with Gasteiger partial charge in [0.05, 0.1) is 6.20 Å². The summed E-state index contributed by atoms with van der Waals surface area (Å²) in [6.07, 6.45) is 3.68. The molecule has 138 valence electrons. The molecular formula is C19H20FN7. The lowest BCUT2D eigenvalue weighted by Crippen LogP contribution is -2.38. The van der Waals surface area contributed by atoms with E-state index in [0.717, 1.165) is 31.5 Å². The summed E-state index contributed by atoms with van der Waals surface area (Å²) in [7, 11) is 0. The van der Waals surface area contributed by atoms with Gasteiger partial charge in [-0.25, -0.2) is 9.37 Å². The highest BCUT2D eigenvalue weighted by Crippen LogP contribution is 2.21. The predicted molar refractivity (Wildman–Crippen MR) is 101 cm³/mol. The molecule has 3 heterocycles. The summed E-state index contributed by atoms with van der Waals surface area (Å²) in [5.41, 5.74) is 1.72. The molecule has 0 bridgehead atoms. The molecule has 1 atom stereocenters. The largest absolute Gasteiger partial charge is 0.366 e. The first-order valence-corrected chi connectivity index (χ1v) is 8.97. The molecule has 1 fully saturated rings. The van der Waals surface area contributed by atoms with E-state index in [1.807, 2.05) is 12.1 Å². The van der Waals surface area contributed by atoms with Crippen LogP contribution in [-0.4, -0.2) is 33.7 Å². The molecule has 1 saturated heterocycles. The number of aromatic nitrogens is 3. The van der Waals surface area contributed by atoms with E-state index < -0.39 is 0 Å². The van der Waals surface area contributed by atoms with Crippen LogP contribution in [0.1, 0.15) is 24.0 Å². The van der Waals surface area contributed by atoms with Crippen LogP contribution in [0.15, 0.2) is 36.5 Å². The summed E-state index contributed by atoms with van der Waals surface area (Å²) in [6.45, 7) is 2.35. The van der Waals surface area contributed by atoms with Crippen molar-refractivity contribution < 1.29 is 4.39 Å². The fourth-order valence-electron chi connectivity index (χ4n) is 3.27. The zero-order chi connectivity index (χ0) is 18.6. The predicted octanol–water partition coefficient (Wildman–Crippen LogP) is 2.52. The Kier molecular flexibility index (Phi) is 4.85. The van der Waals surface area contributed by atoms with Crippen LogP contribution < -0.4 is 16.0 Å². The summed E-state index contributed by atoms with van der Waals surface area (Å²) in [5, 5.41) is 23.7. The summed E-state index contributed by atoms with van der Waals surface area (Å²) in [5.74, 6) is 1.11. The molecule has 27 heavy (non-hydrogen) atoms. The van der Waals surface area contributed by atoms with Crippen molar-refractivity contribution in [1.29, 1.82) is 5.26 Å². The number of hydrogen-bond donors (Lipinski definition) is 3. The maximum atomic E-state index is 13.4. The average molecular weight is 365 g/mol. The van der Waals surface area contributed by atoms with Crippen molar-refractivity contribution in [3.05, 3.63) is 53.5 Å². The zero-order valence-corrected chi connectivity index (χ0v) is 14.7. The molecule has 0 spiro atoms. The molecule has 2 aromatic heterocycles. The monoisotopic (exact) mass is 365 g/mol. The summed E-state index contributed by atoms with van der Waals surface area (Å²) < 4.78 is 15.0. The van der Waals surface area contributed by atoms with Gasteiger partial charge < -0.3 is 16.0 Å². The van der Waals surface area contributed by atoms with E-state index in [1.54, 1.807) is 10.6 Å². The smallest absolute Gasteiger partial charge is 0.177 e. The number of rotatable bonds is 5. The molecule has 0 unspecified atom stereocenters. The van der Waals surface area contributed by atoms with Gasteiger partial charge in [-0.05, 0) is 37.1 Å². The van der Waals surface area contributed by atoms with Crippen molar-refractivity contribution in [2.75, 3.05) is 23.7 Å². The number of anilines is 2. The van der Waals surface area contributed by atoms with Crippen molar-refractivity contribution in [2.24, 2.45) is 0 Å². The van der Waals surface area contributed by atoms with E-state index in [1.165, 1.54) is 18.3 Å². The Morgan fingerprint density at radius 1 is 1.37 bits per heavy atom. The van der Waals surface area contributed by atoms with Crippen molar-refractivity contribution in [1.82, 2.24) is 19.9 Å². The number of nitriles is 1. The minimum Gasteiger partial charge on any atom is -0.366 e. The summed E-state index contributed by atoms with van der Waals surface area (Å²) in [6, 6.07) is 10.7. The SMILES string of the molecule is N#Cc1cnn2c(NCc3cccc(F)c3)cc(N[C@H]3CCCNC3)nc12. The third-order valence-corrected chi connectivity index (χ3v) is 4.60. The van der Waals surface area contributed by atoms with Crippen molar-refractivity contribution >= 4 is 17.3 Å². The van der Waals surface area contributed by atoms with E-state index >= 15 is 0 Å². The van der Waals surface area contributed by atoms with Crippen molar-refractivity contribution in [2.45, 2.75) is 25.4 Å². The fraction of sp³-hybridized carbons (Fsp3) is 0.316. The van der Waals surface area contributed by atoms with Gasteiger partial charge in [-0.15, -0.1) is 0 Å². The number of benzene rings is 1. The molecule has 7 nitrogen and oxygen atoms in total. The molecule has 3 N–H and O–H groups in total. The van der Waals surface area contributed by atoms with Crippen LogP contribution >= 0.6 is 0 Å². The van der Waals surface area contributed by atoms with E-state index in [-0.39, 0.29) is 5.82 Å². The highest BCUT2D eigenvalue weighted by Gasteiger charge is 2.16. The number of nitrogens with one attached hydrogen (secondary N) is 3. The number of piperidine rings is 1. The topological polar surface area (TPSA) is 90.1 Å². The van der Waals surface area contributed by atoms with E-state index in [2.05, 4.69) is 32.1 Å². The molecule has 4 rings (SSSR count). The molecule has 0 saturated carbocycles. The van der Waals surface area contributed by atoms with E-state index in [9.17, 15) is 9.65 Å². The Labute approximate surface area is 156 Å².